The number of allylic oxidation sites excluding steroid dienone is 2. The van der Waals surface area contributed by atoms with Gasteiger partial charge in [0.2, 0.25) is 12.3 Å². The fourth-order valence-corrected chi connectivity index (χ4v) is 3.48. The third kappa shape index (κ3) is 4.06. The number of nitro groups is 1. The van der Waals surface area contributed by atoms with Crippen molar-refractivity contribution in [3.63, 3.8) is 0 Å². The Hall–Kier alpha value is -3.40. The van der Waals surface area contributed by atoms with Crippen molar-refractivity contribution in [2.45, 2.75) is 19.8 Å². The molecule has 152 valence electrons. The Balaban J connectivity index is 2.17. The van der Waals surface area contributed by atoms with Gasteiger partial charge >= 0.3 is 5.97 Å². The molecule has 29 heavy (non-hydrogen) atoms. The van der Waals surface area contributed by atoms with Gasteiger partial charge in [0, 0.05) is 41.6 Å². The lowest BCUT2D eigenvalue weighted by molar-refractivity contribution is -0.385. The fraction of sp³-hybridized carbons (Fsp3) is 0.368. The van der Waals surface area contributed by atoms with E-state index >= 15 is 0 Å². The van der Waals surface area contributed by atoms with Gasteiger partial charge in [-0.3, -0.25) is 19.9 Å². The van der Waals surface area contributed by atoms with Gasteiger partial charge in [0.05, 0.1) is 11.5 Å². The Kier molecular flexibility index (Phi) is 6.13. The lowest BCUT2D eigenvalue weighted by Crippen LogP contribution is -2.34. The summed E-state index contributed by atoms with van der Waals surface area (Å²) in [6.45, 7) is 3.72. The molecule has 1 aromatic carbocycles. The number of carbonyl (C=O) groups excluding carboxylic acids is 1. The summed E-state index contributed by atoms with van der Waals surface area (Å²) in [5.74, 6) is -2.07. The lowest BCUT2D eigenvalue weighted by Gasteiger charge is -2.30. The first-order valence-electron chi connectivity index (χ1n) is 8.87. The maximum absolute atomic E-state index is 13.0. The molecule has 1 aromatic heterocycles. The van der Waals surface area contributed by atoms with Gasteiger partial charge in [-0.05, 0) is 13.8 Å². The second-order valence-corrected chi connectivity index (χ2v) is 6.43. The largest absolute Gasteiger partial charge is 0.463 e. The normalized spacial score (nSPS) is 19.1. The topological polar surface area (TPSA) is 130 Å². The molecule has 2 unspecified atom stereocenters. The van der Waals surface area contributed by atoms with Gasteiger partial charge in [-0.15, -0.1) is 10.2 Å². The molecular weight excluding hydrogens is 380 g/mol. The number of ether oxygens (including phenoxy) is 2. The number of rotatable bonds is 7. The number of nitro benzene ring substituents is 1. The Labute approximate surface area is 166 Å². The van der Waals surface area contributed by atoms with Crippen LogP contribution < -0.4 is 0 Å². The molecule has 1 aliphatic rings. The Morgan fingerprint density at radius 2 is 2.03 bits per heavy atom. The zero-order valence-corrected chi connectivity index (χ0v) is 16.2. The monoisotopic (exact) mass is 400 g/mol. The summed E-state index contributed by atoms with van der Waals surface area (Å²) in [6.07, 6.45) is 1.16. The van der Waals surface area contributed by atoms with E-state index in [1.165, 1.54) is 13.2 Å². The molecule has 0 saturated heterocycles. The first-order chi connectivity index (χ1) is 14.0. The highest BCUT2D eigenvalue weighted by molar-refractivity contribution is 6.06. The number of esters is 1. The summed E-state index contributed by atoms with van der Waals surface area (Å²) < 4.78 is 15.6. The lowest BCUT2D eigenvalue weighted by atomic mass is 9.75. The van der Waals surface area contributed by atoms with Crippen LogP contribution in [0.5, 0.6) is 0 Å². The number of para-hydroxylation sites is 1. The van der Waals surface area contributed by atoms with E-state index in [9.17, 15) is 14.9 Å². The van der Waals surface area contributed by atoms with Crippen molar-refractivity contribution in [2.24, 2.45) is 10.9 Å². The molecule has 2 atom stereocenters. The van der Waals surface area contributed by atoms with E-state index in [2.05, 4.69) is 15.2 Å². The number of carbonyl (C=O) groups is 1. The van der Waals surface area contributed by atoms with E-state index in [-0.39, 0.29) is 24.8 Å². The third-order valence-corrected chi connectivity index (χ3v) is 4.67. The Morgan fingerprint density at radius 1 is 1.28 bits per heavy atom. The van der Waals surface area contributed by atoms with Gasteiger partial charge in [0.25, 0.3) is 5.69 Å². The summed E-state index contributed by atoms with van der Waals surface area (Å²) in [7, 11) is 1.50. The molecule has 0 amide bonds. The maximum Gasteiger partial charge on any atom is 0.315 e. The Bertz CT molecular complexity index is 967. The van der Waals surface area contributed by atoms with Gasteiger partial charge in [0.15, 0.2) is 0 Å². The van der Waals surface area contributed by atoms with E-state index in [4.69, 9.17) is 13.9 Å². The third-order valence-electron chi connectivity index (χ3n) is 4.67. The summed E-state index contributed by atoms with van der Waals surface area (Å²) in [5.41, 5.74) is 1.70. The van der Waals surface area contributed by atoms with E-state index in [1.807, 2.05) is 0 Å². The van der Waals surface area contributed by atoms with Crippen molar-refractivity contribution in [1.82, 2.24) is 10.2 Å². The fourth-order valence-electron chi connectivity index (χ4n) is 3.48. The number of aromatic nitrogens is 2. The van der Waals surface area contributed by atoms with E-state index in [0.717, 1.165) is 6.39 Å². The molecule has 0 aliphatic carbocycles. The summed E-state index contributed by atoms with van der Waals surface area (Å²) in [4.78, 5) is 28.6. The molecule has 0 spiro atoms. The number of hydrogen-bond donors (Lipinski definition) is 0. The highest BCUT2D eigenvalue weighted by Gasteiger charge is 2.43. The van der Waals surface area contributed by atoms with Crippen LogP contribution in [0.15, 0.2) is 45.8 Å². The highest BCUT2D eigenvalue weighted by Crippen LogP contribution is 2.46. The maximum atomic E-state index is 13.0. The molecule has 0 radical (unpaired) electrons. The van der Waals surface area contributed by atoms with E-state index in [0.29, 0.717) is 22.5 Å². The molecule has 1 aliphatic heterocycles. The van der Waals surface area contributed by atoms with Crippen LogP contribution in [0.4, 0.5) is 5.69 Å². The van der Waals surface area contributed by atoms with Crippen molar-refractivity contribution in [3.05, 3.63) is 57.9 Å². The second-order valence-electron chi connectivity index (χ2n) is 6.43. The van der Waals surface area contributed by atoms with Crippen LogP contribution in [0.2, 0.25) is 0 Å². The van der Waals surface area contributed by atoms with Crippen LogP contribution in [0.3, 0.4) is 0 Å². The minimum absolute atomic E-state index is 0.0568. The molecule has 2 aromatic rings. The highest BCUT2D eigenvalue weighted by atomic mass is 16.6. The van der Waals surface area contributed by atoms with Crippen molar-refractivity contribution in [3.8, 4) is 0 Å². The van der Waals surface area contributed by atoms with Crippen molar-refractivity contribution in [2.75, 3.05) is 20.3 Å². The molecule has 10 nitrogen and oxygen atoms in total. The zero-order valence-electron chi connectivity index (χ0n) is 16.2. The standard InChI is InChI=1S/C19H20N4O6/c1-11-15(18-22-20-10-29-18)17(13-6-4-5-7-14(13)23(25)26)16(12(2)21-11)19(24)28-9-8-27-3/h4-7,10,16-17H,8-9H2,1-3H3. The minimum Gasteiger partial charge on any atom is -0.463 e. The molecule has 2 heterocycles. The molecule has 0 bridgehead atoms. The summed E-state index contributed by atoms with van der Waals surface area (Å²) in [5, 5.41) is 19.3. The van der Waals surface area contributed by atoms with Crippen LogP contribution in [-0.4, -0.2) is 47.1 Å². The smallest absolute Gasteiger partial charge is 0.315 e. The minimum atomic E-state index is -0.890. The number of benzene rings is 1. The van der Waals surface area contributed by atoms with Crippen LogP contribution in [0.25, 0.3) is 5.57 Å². The van der Waals surface area contributed by atoms with Gasteiger partial charge in [-0.1, -0.05) is 18.2 Å². The van der Waals surface area contributed by atoms with Crippen LogP contribution in [0, 0.1) is 16.0 Å². The van der Waals surface area contributed by atoms with Gasteiger partial charge in [-0.2, -0.15) is 0 Å². The average molecular weight is 400 g/mol. The predicted molar refractivity (Wildman–Crippen MR) is 102 cm³/mol. The molecule has 3 rings (SSSR count). The molecule has 0 fully saturated rings. The van der Waals surface area contributed by atoms with Crippen LogP contribution in [0.1, 0.15) is 31.2 Å². The quantitative estimate of drug-likeness (QED) is 0.300. The first kappa shape index (κ1) is 20.3. The van der Waals surface area contributed by atoms with Gasteiger partial charge in [-0.25, -0.2) is 0 Å². The molecular formula is C19H20N4O6. The Morgan fingerprint density at radius 3 is 2.69 bits per heavy atom. The van der Waals surface area contributed by atoms with Crippen LogP contribution >= 0.6 is 0 Å². The van der Waals surface area contributed by atoms with E-state index < -0.39 is 22.7 Å². The van der Waals surface area contributed by atoms with Crippen molar-refractivity contribution >= 4 is 22.9 Å². The van der Waals surface area contributed by atoms with Crippen molar-refractivity contribution in [1.29, 1.82) is 0 Å². The van der Waals surface area contributed by atoms with E-state index in [1.54, 1.807) is 32.0 Å². The second kappa shape index (κ2) is 8.74. The zero-order chi connectivity index (χ0) is 21.0. The number of aliphatic imine (C=N–C) groups is 1. The SMILES string of the molecule is COCCOC(=O)C1C(C)=NC(C)=C(c2nnco2)C1c1ccccc1[N+](=O)[O-]. The van der Waals surface area contributed by atoms with Crippen molar-refractivity contribution < 1.29 is 23.6 Å². The van der Waals surface area contributed by atoms with Crippen LogP contribution in [-0.2, 0) is 14.3 Å². The van der Waals surface area contributed by atoms with Gasteiger partial charge < -0.3 is 13.9 Å². The predicted octanol–water partition coefficient (Wildman–Crippen LogP) is 2.77. The summed E-state index contributed by atoms with van der Waals surface area (Å²) in [6, 6.07) is 6.25. The van der Waals surface area contributed by atoms with Gasteiger partial charge in [0.1, 0.15) is 12.5 Å². The number of methoxy groups -OCH3 is 1. The number of nitrogens with zero attached hydrogens (tertiary/aromatic N) is 4. The molecule has 10 heteroatoms. The average Bonchev–Trinajstić information content (AvgIpc) is 3.21. The first-order valence-corrected chi connectivity index (χ1v) is 8.87. The summed E-state index contributed by atoms with van der Waals surface area (Å²) >= 11 is 0. The molecule has 0 saturated carbocycles. The number of hydrogen-bond acceptors (Lipinski definition) is 9. The molecule has 0 N–H and O–H groups in total.